The van der Waals surface area contributed by atoms with Crippen molar-refractivity contribution in [1.29, 1.82) is 0 Å². The molecule has 21 heavy (non-hydrogen) atoms. The number of aromatic nitrogens is 2. The minimum absolute atomic E-state index is 0.0248. The van der Waals surface area contributed by atoms with Crippen molar-refractivity contribution in [3.05, 3.63) is 42.2 Å². The predicted molar refractivity (Wildman–Crippen MR) is 81.9 cm³/mol. The number of para-hydroxylation sites is 1. The Balaban J connectivity index is 1.81. The number of carboxylic acid groups (broad SMARTS) is 1. The molecular formula is C15H18N2O3S. The van der Waals surface area contributed by atoms with Crippen LogP contribution in [0, 0.1) is 6.92 Å². The van der Waals surface area contributed by atoms with Gasteiger partial charge in [-0.1, -0.05) is 30.0 Å². The summed E-state index contributed by atoms with van der Waals surface area (Å²) in [6.45, 7) is 3.28. The first kappa shape index (κ1) is 15.4. The van der Waals surface area contributed by atoms with Gasteiger partial charge in [-0.15, -0.1) is 0 Å². The molecule has 112 valence electrons. The maximum Gasteiger partial charge on any atom is 0.313 e. The van der Waals surface area contributed by atoms with Gasteiger partial charge in [0, 0.05) is 12.7 Å². The Morgan fingerprint density at radius 2 is 2.14 bits per heavy atom. The van der Waals surface area contributed by atoms with E-state index in [0.717, 1.165) is 29.6 Å². The molecule has 0 aliphatic rings. The van der Waals surface area contributed by atoms with E-state index in [1.807, 2.05) is 48.0 Å². The molecule has 0 saturated carbocycles. The third-order valence-corrected chi connectivity index (χ3v) is 3.72. The number of carboxylic acids is 1. The van der Waals surface area contributed by atoms with Crippen LogP contribution in [0.15, 0.2) is 41.7 Å². The quantitative estimate of drug-likeness (QED) is 0.600. The highest BCUT2D eigenvalue weighted by atomic mass is 32.2. The lowest BCUT2D eigenvalue weighted by molar-refractivity contribution is -0.133. The first-order valence-corrected chi connectivity index (χ1v) is 7.70. The number of benzene rings is 1. The Kier molecular flexibility index (Phi) is 5.68. The molecule has 0 radical (unpaired) electrons. The second kappa shape index (κ2) is 7.73. The standard InChI is InChI=1S/C15H18N2O3S/c1-12-10-17(15(16-12)21-11-14(18)19)8-5-9-20-13-6-3-2-4-7-13/h2-4,6-7,10H,5,8-9,11H2,1H3,(H,18,19). The minimum Gasteiger partial charge on any atom is -0.494 e. The summed E-state index contributed by atoms with van der Waals surface area (Å²) in [5, 5.41) is 9.48. The zero-order valence-electron chi connectivity index (χ0n) is 11.9. The van der Waals surface area contributed by atoms with Gasteiger partial charge in [-0.25, -0.2) is 4.98 Å². The average molecular weight is 306 g/mol. The van der Waals surface area contributed by atoms with Crippen molar-refractivity contribution in [2.24, 2.45) is 0 Å². The highest BCUT2D eigenvalue weighted by Gasteiger charge is 2.08. The second-order valence-corrected chi connectivity index (χ2v) is 5.50. The van der Waals surface area contributed by atoms with Crippen molar-refractivity contribution in [2.45, 2.75) is 25.0 Å². The van der Waals surface area contributed by atoms with E-state index in [4.69, 9.17) is 9.84 Å². The van der Waals surface area contributed by atoms with Crippen LogP contribution < -0.4 is 4.74 Å². The number of aliphatic carboxylic acids is 1. The molecule has 0 aliphatic heterocycles. The van der Waals surface area contributed by atoms with Gasteiger partial charge in [0.05, 0.1) is 18.1 Å². The van der Waals surface area contributed by atoms with Crippen LogP contribution in [0.4, 0.5) is 0 Å². The highest BCUT2D eigenvalue weighted by Crippen LogP contribution is 2.18. The van der Waals surface area contributed by atoms with Gasteiger partial charge < -0.3 is 14.4 Å². The lowest BCUT2D eigenvalue weighted by atomic mass is 10.3. The molecular weight excluding hydrogens is 288 g/mol. The molecule has 1 aromatic carbocycles. The van der Waals surface area contributed by atoms with Gasteiger partial charge in [0.15, 0.2) is 5.16 Å². The van der Waals surface area contributed by atoms with Crippen LogP contribution in [0.25, 0.3) is 0 Å². The summed E-state index contributed by atoms with van der Waals surface area (Å²) in [4.78, 5) is 15.0. The molecule has 0 aliphatic carbocycles. The van der Waals surface area contributed by atoms with Crippen LogP contribution >= 0.6 is 11.8 Å². The number of hydrogen-bond donors (Lipinski definition) is 1. The highest BCUT2D eigenvalue weighted by molar-refractivity contribution is 7.99. The van der Waals surface area contributed by atoms with Crippen LogP contribution in [-0.4, -0.2) is 33.0 Å². The van der Waals surface area contributed by atoms with Crippen LogP contribution in [0.2, 0.25) is 0 Å². The summed E-state index contributed by atoms with van der Waals surface area (Å²) < 4.78 is 7.62. The van der Waals surface area contributed by atoms with Crippen LogP contribution in [0.1, 0.15) is 12.1 Å². The van der Waals surface area contributed by atoms with E-state index in [-0.39, 0.29) is 5.75 Å². The van der Waals surface area contributed by atoms with Crippen molar-refractivity contribution >= 4 is 17.7 Å². The van der Waals surface area contributed by atoms with Gasteiger partial charge in [-0.3, -0.25) is 4.79 Å². The Hall–Kier alpha value is -1.95. The van der Waals surface area contributed by atoms with Crippen LogP contribution in [-0.2, 0) is 11.3 Å². The number of hydrogen-bond acceptors (Lipinski definition) is 4. The maximum absolute atomic E-state index is 10.6. The summed E-state index contributed by atoms with van der Waals surface area (Å²) in [5.74, 6) is 0.0520. The summed E-state index contributed by atoms with van der Waals surface area (Å²) >= 11 is 1.24. The molecule has 0 bridgehead atoms. The third-order valence-electron chi connectivity index (χ3n) is 2.74. The largest absolute Gasteiger partial charge is 0.494 e. The molecule has 2 aromatic rings. The number of carbonyl (C=O) groups is 1. The van der Waals surface area contributed by atoms with E-state index in [1.54, 1.807) is 0 Å². The normalized spacial score (nSPS) is 10.5. The fourth-order valence-corrected chi connectivity index (χ4v) is 2.64. The molecule has 1 heterocycles. The van der Waals surface area contributed by atoms with E-state index < -0.39 is 5.97 Å². The zero-order chi connectivity index (χ0) is 15.1. The fraction of sp³-hybridized carbons (Fsp3) is 0.333. The topological polar surface area (TPSA) is 64.3 Å². The van der Waals surface area contributed by atoms with Gasteiger partial charge in [0.25, 0.3) is 0 Å². The van der Waals surface area contributed by atoms with Gasteiger partial charge in [-0.2, -0.15) is 0 Å². The lowest BCUT2D eigenvalue weighted by Gasteiger charge is -2.08. The van der Waals surface area contributed by atoms with E-state index in [0.29, 0.717) is 6.61 Å². The SMILES string of the molecule is Cc1cn(CCCOc2ccccc2)c(SCC(=O)O)n1. The number of nitrogens with zero attached hydrogens (tertiary/aromatic N) is 2. The van der Waals surface area contributed by atoms with Crippen molar-refractivity contribution in [3.63, 3.8) is 0 Å². The molecule has 0 amide bonds. The molecule has 0 spiro atoms. The number of rotatable bonds is 8. The van der Waals surface area contributed by atoms with Gasteiger partial charge >= 0.3 is 5.97 Å². The molecule has 1 aromatic heterocycles. The minimum atomic E-state index is -0.834. The van der Waals surface area contributed by atoms with E-state index in [9.17, 15) is 4.79 Å². The number of ether oxygens (including phenoxy) is 1. The first-order chi connectivity index (χ1) is 10.1. The zero-order valence-corrected chi connectivity index (χ0v) is 12.7. The van der Waals surface area contributed by atoms with Crippen molar-refractivity contribution < 1.29 is 14.6 Å². The first-order valence-electron chi connectivity index (χ1n) is 6.71. The average Bonchev–Trinajstić information content (AvgIpc) is 2.83. The van der Waals surface area contributed by atoms with Crippen LogP contribution in [0.3, 0.4) is 0 Å². The van der Waals surface area contributed by atoms with Gasteiger partial charge in [0.1, 0.15) is 5.75 Å². The smallest absolute Gasteiger partial charge is 0.313 e. The molecule has 0 fully saturated rings. The van der Waals surface area contributed by atoms with Gasteiger partial charge in [0.2, 0.25) is 0 Å². The second-order valence-electron chi connectivity index (χ2n) is 4.56. The van der Waals surface area contributed by atoms with E-state index >= 15 is 0 Å². The lowest BCUT2D eigenvalue weighted by Crippen LogP contribution is -2.06. The number of thioether (sulfide) groups is 1. The predicted octanol–water partition coefficient (Wildman–Crippen LogP) is 2.84. The van der Waals surface area contributed by atoms with Gasteiger partial charge in [-0.05, 0) is 25.5 Å². The molecule has 1 N–H and O–H groups in total. The molecule has 5 nitrogen and oxygen atoms in total. The van der Waals surface area contributed by atoms with Crippen LogP contribution in [0.5, 0.6) is 5.75 Å². The van der Waals surface area contributed by atoms with Crippen molar-refractivity contribution in [2.75, 3.05) is 12.4 Å². The monoisotopic (exact) mass is 306 g/mol. The van der Waals surface area contributed by atoms with Crippen molar-refractivity contribution in [1.82, 2.24) is 9.55 Å². The fourth-order valence-electron chi connectivity index (χ4n) is 1.87. The summed E-state index contributed by atoms with van der Waals surface area (Å²) in [5.41, 5.74) is 0.895. The molecule has 0 atom stereocenters. The van der Waals surface area contributed by atoms with Crippen molar-refractivity contribution in [3.8, 4) is 5.75 Å². The summed E-state index contributed by atoms with van der Waals surface area (Å²) in [6, 6.07) is 9.68. The molecule has 2 rings (SSSR count). The summed E-state index contributed by atoms with van der Waals surface area (Å²) in [6.07, 6.45) is 2.78. The number of aryl methyl sites for hydroxylation is 2. The summed E-state index contributed by atoms with van der Waals surface area (Å²) in [7, 11) is 0. The number of imidazole rings is 1. The maximum atomic E-state index is 10.6. The van der Waals surface area contributed by atoms with E-state index in [2.05, 4.69) is 4.98 Å². The Bertz CT molecular complexity index is 584. The molecule has 0 saturated heterocycles. The molecule has 0 unspecified atom stereocenters. The Labute approximate surface area is 128 Å². The Morgan fingerprint density at radius 3 is 2.86 bits per heavy atom. The van der Waals surface area contributed by atoms with E-state index in [1.165, 1.54) is 11.8 Å². The Morgan fingerprint density at radius 1 is 1.38 bits per heavy atom. The molecule has 6 heteroatoms. The third kappa shape index (κ3) is 5.15.